The number of benzene rings is 2. The average Bonchev–Trinajstić information content (AvgIpc) is 3.16. The predicted molar refractivity (Wildman–Crippen MR) is 118 cm³/mol. The number of halogens is 1. The van der Waals surface area contributed by atoms with Crippen LogP contribution >= 0.6 is 11.6 Å². The van der Waals surface area contributed by atoms with Crippen LogP contribution in [0.3, 0.4) is 0 Å². The van der Waals surface area contributed by atoms with E-state index in [1.165, 1.54) is 19.3 Å². The zero-order chi connectivity index (χ0) is 20.2. The SMILES string of the molecule is CCCCC1CCC(C(=O)Nc2ccccc2-c2nc3cc(Cl)ccc3o2)CC1. The van der Waals surface area contributed by atoms with Crippen LogP contribution in [0, 0.1) is 11.8 Å². The number of anilines is 1. The number of oxazole rings is 1. The topological polar surface area (TPSA) is 55.1 Å². The Balaban J connectivity index is 1.48. The Bertz CT molecular complexity index is 989. The molecule has 0 spiro atoms. The summed E-state index contributed by atoms with van der Waals surface area (Å²) in [6, 6.07) is 13.0. The summed E-state index contributed by atoms with van der Waals surface area (Å²) in [7, 11) is 0. The summed E-state index contributed by atoms with van der Waals surface area (Å²) in [4.78, 5) is 17.5. The number of amides is 1. The molecular weight excluding hydrogens is 384 g/mol. The van der Waals surface area contributed by atoms with Crippen molar-refractivity contribution in [1.82, 2.24) is 4.98 Å². The summed E-state index contributed by atoms with van der Waals surface area (Å²) in [5, 5.41) is 3.75. The maximum Gasteiger partial charge on any atom is 0.229 e. The van der Waals surface area contributed by atoms with Crippen LogP contribution in [0.5, 0.6) is 0 Å². The smallest absolute Gasteiger partial charge is 0.229 e. The van der Waals surface area contributed by atoms with Crippen LogP contribution in [-0.2, 0) is 4.79 Å². The Labute approximate surface area is 176 Å². The van der Waals surface area contributed by atoms with Gasteiger partial charge in [-0.05, 0) is 61.9 Å². The lowest BCUT2D eigenvalue weighted by Crippen LogP contribution is -2.27. The number of aromatic nitrogens is 1. The Morgan fingerprint density at radius 1 is 1.17 bits per heavy atom. The van der Waals surface area contributed by atoms with E-state index in [0.29, 0.717) is 22.0 Å². The van der Waals surface area contributed by atoms with Gasteiger partial charge in [0.05, 0.1) is 11.3 Å². The number of nitrogens with one attached hydrogen (secondary N) is 1. The second-order valence-electron chi connectivity index (χ2n) is 8.03. The van der Waals surface area contributed by atoms with Gasteiger partial charge in [-0.1, -0.05) is 49.9 Å². The molecule has 0 saturated heterocycles. The summed E-state index contributed by atoms with van der Waals surface area (Å²) >= 11 is 6.06. The molecular formula is C24H27ClN2O2. The molecule has 1 N–H and O–H groups in total. The van der Waals surface area contributed by atoms with Crippen LogP contribution in [0.25, 0.3) is 22.6 Å². The highest BCUT2D eigenvalue weighted by atomic mass is 35.5. The molecule has 0 unspecified atom stereocenters. The van der Waals surface area contributed by atoms with E-state index >= 15 is 0 Å². The molecule has 4 nitrogen and oxygen atoms in total. The van der Waals surface area contributed by atoms with Gasteiger partial charge in [-0.25, -0.2) is 4.98 Å². The molecule has 1 aliphatic rings. The molecule has 4 rings (SSSR count). The van der Waals surface area contributed by atoms with Gasteiger partial charge in [0.25, 0.3) is 0 Å². The Hall–Kier alpha value is -2.33. The van der Waals surface area contributed by atoms with Gasteiger partial charge in [0, 0.05) is 10.9 Å². The lowest BCUT2D eigenvalue weighted by atomic mass is 9.79. The van der Waals surface area contributed by atoms with Gasteiger partial charge < -0.3 is 9.73 Å². The van der Waals surface area contributed by atoms with E-state index in [-0.39, 0.29) is 11.8 Å². The Morgan fingerprint density at radius 3 is 2.76 bits per heavy atom. The third kappa shape index (κ3) is 4.64. The molecule has 1 heterocycles. The molecule has 0 radical (unpaired) electrons. The summed E-state index contributed by atoms with van der Waals surface area (Å²) in [6.07, 6.45) is 8.12. The van der Waals surface area contributed by atoms with E-state index in [0.717, 1.165) is 42.9 Å². The zero-order valence-electron chi connectivity index (χ0n) is 16.8. The number of hydrogen-bond donors (Lipinski definition) is 1. The van der Waals surface area contributed by atoms with Gasteiger partial charge in [-0.15, -0.1) is 0 Å². The van der Waals surface area contributed by atoms with Crippen molar-refractivity contribution in [2.75, 3.05) is 5.32 Å². The molecule has 29 heavy (non-hydrogen) atoms. The van der Waals surface area contributed by atoms with Gasteiger partial charge in [0.15, 0.2) is 5.58 Å². The first kappa shape index (κ1) is 20.0. The van der Waals surface area contributed by atoms with Crippen LogP contribution in [0.15, 0.2) is 46.9 Å². The maximum absolute atomic E-state index is 12.9. The normalized spacial score (nSPS) is 19.4. The quantitative estimate of drug-likeness (QED) is 0.472. The molecule has 5 heteroatoms. The highest BCUT2D eigenvalue weighted by Crippen LogP contribution is 2.34. The molecule has 1 fully saturated rings. The summed E-state index contributed by atoms with van der Waals surface area (Å²) in [5.41, 5.74) is 2.91. The maximum atomic E-state index is 12.9. The number of para-hydroxylation sites is 1. The minimum atomic E-state index is 0.0865. The van der Waals surface area contributed by atoms with E-state index in [1.807, 2.05) is 30.3 Å². The van der Waals surface area contributed by atoms with Crippen molar-refractivity contribution in [2.45, 2.75) is 51.9 Å². The molecule has 2 aromatic carbocycles. The Kier molecular flexibility index (Phi) is 6.19. The number of carbonyl (C=O) groups excluding carboxylic acids is 1. The van der Waals surface area contributed by atoms with Crippen LogP contribution in [-0.4, -0.2) is 10.9 Å². The largest absolute Gasteiger partial charge is 0.436 e. The number of carbonyl (C=O) groups is 1. The molecule has 1 aliphatic carbocycles. The van der Waals surface area contributed by atoms with Crippen molar-refractivity contribution in [3.8, 4) is 11.5 Å². The fraction of sp³-hybridized carbons (Fsp3) is 0.417. The first-order chi connectivity index (χ1) is 14.1. The van der Waals surface area contributed by atoms with Gasteiger partial charge in [-0.2, -0.15) is 0 Å². The predicted octanol–water partition coefficient (Wildman–Crippen LogP) is 7.08. The summed E-state index contributed by atoms with van der Waals surface area (Å²) < 4.78 is 5.91. The standard InChI is InChI=1S/C24H27ClN2O2/c1-2-3-6-16-9-11-17(12-10-16)23(28)26-20-8-5-4-7-19(20)24-27-21-15-18(25)13-14-22(21)29-24/h4-5,7-8,13-17H,2-3,6,9-12H2,1H3,(H,26,28). The van der Waals surface area contributed by atoms with Crippen molar-refractivity contribution in [3.63, 3.8) is 0 Å². The average molecular weight is 411 g/mol. The number of hydrogen-bond acceptors (Lipinski definition) is 3. The lowest BCUT2D eigenvalue weighted by Gasteiger charge is -2.27. The van der Waals surface area contributed by atoms with Crippen LogP contribution in [0.2, 0.25) is 5.02 Å². The monoisotopic (exact) mass is 410 g/mol. The highest BCUT2D eigenvalue weighted by molar-refractivity contribution is 6.31. The first-order valence-corrected chi connectivity index (χ1v) is 11.0. The molecule has 3 aromatic rings. The Morgan fingerprint density at radius 2 is 1.97 bits per heavy atom. The van der Waals surface area contributed by atoms with Gasteiger partial charge in [0.2, 0.25) is 11.8 Å². The third-order valence-corrected chi connectivity index (χ3v) is 6.18. The van der Waals surface area contributed by atoms with E-state index in [2.05, 4.69) is 17.2 Å². The molecule has 1 aromatic heterocycles. The molecule has 1 saturated carbocycles. The third-order valence-electron chi connectivity index (χ3n) is 5.95. The van der Waals surface area contributed by atoms with Crippen molar-refractivity contribution in [2.24, 2.45) is 11.8 Å². The molecule has 0 atom stereocenters. The van der Waals surface area contributed by atoms with Crippen molar-refractivity contribution >= 4 is 34.3 Å². The summed E-state index contributed by atoms with van der Waals surface area (Å²) in [6.45, 7) is 2.24. The van der Waals surface area contributed by atoms with Gasteiger partial charge >= 0.3 is 0 Å². The van der Waals surface area contributed by atoms with Crippen molar-refractivity contribution in [3.05, 3.63) is 47.5 Å². The fourth-order valence-corrected chi connectivity index (χ4v) is 4.40. The minimum Gasteiger partial charge on any atom is -0.436 e. The van der Waals surface area contributed by atoms with Crippen LogP contribution < -0.4 is 5.32 Å². The molecule has 0 aliphatic heterocycles. The number of fused-ring (bicyclic) bond motifs is 1. The minimum absolute atomic E-state index is 0.0865. The van der Waals surface area contributed by atoms with Gasteiger partial charge in [0.1, 0.15) is 5.52 Å². The second-order valence-corrected chi connectivity index (χ2v) is 8.46. The number of unbranched alkanes of at least 4 members (excludes halogenated alkanes) is 1. The molecule has 0 bridgehead atoms. The van der Waals surface area contributed by atoms with E-state index in [4.69, 9.17) is 16.0 Å². The van der Waals surface area contributed by atoms with E-state index < -0.39 is 0 Å². The highest BCUT2D eigenvalue weighted by Gasteiger charge is 2.26. The van der Waals surface area contributed by atoms with Crippen molar-refractivity contribution in [1.29, 1.82) is 0 Å². The van der Waals surface area contributed by atoms with Crippen molar-refractivity contribution < 1.29 is 9.21 Å². The number of rotatable bonds is 6. The second kappa shape index (κ2) is 9.00. The van der Waals surface area contributed by atoms with Crippen LogP contribution in [0.1, 0.15) is 51.9 Å². The molecule has 1 amide bonds. The zero-order valence-corrected chi connectivity index (χ0v) is 17.5. The lowest BCUT2D eigenvalue weighted by molar-refractivity contribution is -0.121. The van der Waals surface area contributed by atoms with E-state index in [1.54, 1.807) is 12.1 Å². The van der Waals surface area contributed by atoms with Gasteiger partial charge in [-0.3, -0.25) is 4.79 Å². The van der Waals surface area contributed by atoms with Crippen LogP contribution in [0.4, 0.5) is 5.69 Å². The number of nitrogens with zero attached hydrogens (tertiary/aromatic N) is 1. The molecule has 152 valence electrons. The van der Waals surface area contributed by atoms with E-state index in [9.17, 15) is 4.79 Å². The summed E-state index contributed by atoms with van der Waals surface area (Å²) in [5.74, 6) is 1.47. The first-order valence-electron chi connectivity index (χ1n) is 10.6. The fourth-order valence-electron chi connectivity index (χ4n) is 4.24.